The van der Waals surface area contributed by atoms with E-state index in [1.165, 1.54) is 29.7 Å². The van der Waals surface area contributed by atoms with Gasteiger partial charge < -0.3 is 0 Å². The van der Waals surface area contributed by atoms with Crippen molar-refractivity contribution < 1.29 is 4.39 Å². The zero-order valence-electron chi connectivity index (χ0n) is 12.7. The molecule has 0 amide bonds. The van der Waals surface area contributed by atoms with E-state index in [4.69, 9.17) is 4.98 Å². The second kappa shape index (κ2) is 6.04. The van der Waals surface area contributed by atoms with Crippen LogP contribution < -0.4 is 0 Å². The van der Waals surface area contributed by atoms with Gasteiger partial charge in [0.05, 0.1) is 5.52 Å². The lowest BCUT2D eigenvalue weighted by molar-refractivity contribution is 0.628. The third kappa shape index (κ3) is 2.78. The second-order valence-electron chi connectivity index (χ2n) is 6.09. The highest BCUT2D eigenvalue weighted by Crippen LogP contribution is 2.45. The number of halogens is 2. The van der Waals surface area contributed by atoms with Gasteiger partial charge in [0, 0.05) is 22.3 Å². The molecule has 23 heavy (non-hydrogen) atoms. The Morgan fingerprint density at radius 2 is 1.78 bits per heavy atom. The molecule has 3 heteroatoms. The minimum absolute atomic E-state index is 0.198. The van der Waals surface area contributed by atoms with Crippen molar-refractivity contribution in [1.29, 1.82) is 0 Å². The maximum absolute atomic E-state index is 13.4. The molecular weight excluding hydrogens is 353 g/mol. The molecule has 0 aliphatic heterocycles. The predicted molar refractivity (Wildman–Crippen MR) is 96.6 cm³/mol. The van der Waals surface area contributed by atoms with Gasteiger partial charge in [-0.05, 0) is 54.2 Å². The summed E-state index contributed by atoms with van der Waals surface area (Å²) in [6.07, 6.45) is 3.39. The van der Waals surface area contributed by atoms with Crippen LogP contribution in [0.15, 0.2) is 48.5 Å². The summed E-state index contributed by atoms with van der Waals surface area (Å²) >= 11 is 3.58. The van der Waals surface area contributed by atoms with Gasteiger partial charge in [0.1, 0.15) is 5.82 Å². The SMILES string of the molecule is Fc1ccc(-c2c(CCBr)c(C3CC3)nc3ccccc23)cc1. The first-order valence-electron chi connectivity index (χ1n) is 8.01. The number of hydrogen-bond acceptors (Lipinski definition) is 1. The highest BCUT2D eigenvalue weighted by atomic mass is 79.9. The number of rotatable bonds is 4. The van der Waals surface area contributed by atoms with Gasteiger partial charge in [-0.2, -0.15) is 0 Å². The number of pyridine rings is 1. The Balaban J connectivity index is 2.04. The van der Waals surface area contributed by atoms with Crippen molar-refractivity contribution in [3.05, 3.63) is 65.6 Å². The summed E-state index contributed by atoms with van der Waals surface area (Å²) in [5.74, 6) is 0.393. The van der Waals surface area contributed by atoms with E-state index < -0.39 is 0 Å². The van der Waals surface area contributed by atoms with Crippen LogP contribution in [0, 0.1) is 5.82 Å². The lowest BCUT2D eigenvalue weighted by atomic mass is 9.91. The van der Waals surface area contributed by atoms with Gasteiger partial charge in [-0.15, -0.1) is 0 Å². The van der Waals surface area contributed by atoms with Crippen LogP contribution in [0.4, 0.5) is 4.39 Å². The smallest absolute Gasteiger partial charge is 0.123 e. The third-order valence-corrected chi connectivity index (χ3v) is 4.86. The molecular formula is C20H17BrFN. The first-order valence-corrected chi connectivity index (χ1v) is 9.13. The molecule has 0 N–H and O–H groups in total. The number of aromatic nitrogens is 1. The largest absolute Gasteiger partial charge is 0.252 e. The highest BCUT2D eigenvalue weighted by molar-refractivity contribution is 9.09. The Hall–Kier alpha value is -1.74. The molecule has 0 saturated heterocycles. The van der Waals surface area contributed by atoms with Crippen molar-refractivity contribution in [2.75, 3.05) is 5.33 Å². The van der Waals surface area contributed by atoms with Crippen LogP contribution in [-0.2, 0) is 6.42 Å². The second-order valence-corrected chi connectivity index (χ2v) is 6.88. The zero-order chi connectivity index (χ0) is 15.8. The average molecular weight is 370 g/mol. The molecule has 0 spiro atoms. The van der Waals surface area contributed by atoms with Gasteiger partial charge in [0.25, 0.3) is 0 Å². The Labute approximate surface area is 143 Å². The number of para-hydroxylation sites is 1. The van der Waals surface area contributed by atoms with Crippen LogP contribution in [0.2, 0.25) is 0 Å². The molecule has 0 radical (unpaired) electrons. The minimum atomic E-state index is -0.198. The molecule has 0 unspecified atom stereocenters. The predicted octanol–water partition coefficient (Wildman–Crippen LogP) is 5.86. The Morgan fingerprint density at radius 1 is 1.04 bits per heavy atom. The van der Waals surface area contributed by atoms with E-state index in [2.05, 4.69) is 28.1 Å². The van der Waals surface area contributed by atoms with Crippen molar-refractivity contribution in [3.8, 4) is 11.1 Å². The first-order chi connectivity index (χ1) is 11.3. The van der Waals surface area contributed by atoms with Crippen molar-refractivity contribution >= 4 is 26.8 Å². The lowest BCUT2D eigenvalue weighted by Gasteiger charge is -2.17. The quantitative estimate of drug-likeness (QED) is 0.525. The van der Waals surface area contributed by atoms with Crippen molar-refractivity contribution in [1.82, 2.24) is 4.98 Å². The third-order valence-electron chi connectivity index (χ3n) is 4.47. The number of benzene rings is 2. The molecule has 1 aliphatic rings. The van der Waals surface area contributed by atoms with E-state index >= 15 is 0 Å². The number of alkyl halides is 1. The fourth-order valence-corrected chi connectivity index (χ4v) is 3.66. The number of fused-ring (bicyclic) bond motifs is 1. The van der Waals surface area contributed by atoms with Crippen molar-refractivity contribution in [3.63, 3.8) is 0 Å². The molecule has 0 bridgehead atoms. The zero-order valence-corrected chi connectivity index (χ0v) is 14.3. The maximum Gasteiger partial charge on any atom is 0.123 e. The molecule has 2 aromatic carbocycles. The number of nitrogens with zero attached hydrogens (tertiary/aromatic N) is 1. The average Bonchev–Trinajstić information content (AvgIpc) is 3.40. The van der Waals surface area contributed by atoms with E-state index in [0.717, 1.165) is 28.2 Å². The van der Waals surface area contributed by atoms with Gasteiger partial charge >= 0.3 is 0 Å². The molecule has 1 nitrogen and oxygen atoms in total. The van der Waals surface area contributed by atoms with Gasteiger partial charge in [-0.1, -0.05) is 46.3 Å². The standard InChI is InChI=1S/C20H17BrFN/c21-12-11-17-19(13-7-9-15(22)10-8-13)16-3-1-2-4-18(16)23-20(17)14-5-6-14/h1-4,7-10,14H,5-6,11-12H2. The Morgan fingerprint density at radius 3 is 2.48 bits per heavy atom. The molecule has 1 saturated carbocycles. The van der Waals surface area contributed by atoms with E-state index in [-0.39, 0.29) is 5.82 Å². The number of hydrogen-bond donors (Lipinski definition) is 0. The summed E-state index contributed by atoms with van der Waals surface area (Å²) < 4.78 is 13.4. The fourth-order valence-electron chi connectivity index (χ4n) is 3.26. The van der Waals surface area contributed by atoms with Crippen molar-refractivity contribution in [2.45, 2.75) is 25.2 Å². The molecule has 0 atom stereocenters. The van der Waals surface area contributed by atoms with Crippen LogP contribution in [0.25, 0.3) is 22.0 Å². The normalized spacial score (nSPS) is 14.3. The highest BCUT2D eigenvalue weighted by Gasteiger charge is 2.29. The maximum atomic E-state index is 13.4. The molecule has 3 aromatic rings. The van der Waals surface area contributed by atoms with Crippen LogP contribution >= 0.6 is 15.9 Å². The minimum Gasteiger partial charge on any atom is -0.252 e. The van der Waals surface area contributed by atoms with Gasteiger partial charge in [0.2, 0.25) is 0 Å². The first kappa shape index (κ1) is 14.8. The molecule has 1 aromatic heterocycles. The van der Waals surface area contributed by atoms with Gasteiger partial charge in [0.15, 0.2) is 0 Å². The summed E-state index contributed by atoms with van der Waals surface area (Å²) in [5, 5.41) is 2.06. The molecule has 4 rings (SSSR count). The molecule has 116 valence electrons. The molecule has 1 heterocycles. The van der Waals surface area contributed by atoms with Gasteiger partial charge in [-0.3, -0.25) is 4.98 Å². The van der Waals surface area contributed by atoms with Crippen molar-refractivity contribution in [2.24, 2.45) is 0 Å². The molecule has 1 fully saturated rings. The summed E-state index contributed by atoms with van der Waals surface area (Å²) in [6, 6.07) is 15.1. The van der Waals surface area contributed by atoms with Crippen LogP contribution in [0.3, 0.4) is 0 Å². The van der Waals surface area contributed by atoms with E-state index in [9.17, 15) is 4.39 Å². The van der Waals surface area contributed by atoms with Gasteiger partial charge in [-0.25, -0.2) is 4.39 Å². The Bertz CT molecular complexity index is 853. The van der Waals surface area contributed by atoms with Crippen LogP contribution in [-0.4, -0.2) is 10.3 Å². The molecule has 1 aliphatic carbocycles. The summed E-state index contributed by atoms with van der Waals surface area (Å²) in [6.45, 7) is 0. The summed E-state index contributed by atoms with van der Waals surface area (Å²) in [7, 11) is 0. The van der Waals surface area contributed by atoms with E-state index in [0.29, 0.717) is 5.92 Å². The summed E-state index contributed by atoms with van der Waals surface area (Å²) in [4.78, 5) is 4.96. The van der Waals surface area contributed by atoms with Crippen LogP contribution in [0.1, 0.15) is 30.0 Å². The fraction of sp³-hybridized carbons (Fsp3) is 0.250. The van der Waals surface area contributed by atoms with E-state index in [1.807, 2.05) is 24.3 Å². The topological polar surface area (TPSA) is 12.9 Å². The summed E-state index contributed by atoms with van der Waals surface area (Å²) in [5.41, 5.74) is 5.88. The Kier molecular flexibility index (Phi) is 3.90. The van der Waals surface area contributed by atoms with E-state index in [1.54, 1.807) is 12.1 Å². The monoisotopic (exact) mass is 369 g/mol. The van der Waals surface area contributed by atoms with Crippen LogP contribution in [0.5, 0.6) is 0 Å². The lowest BCUT2D eigenvalue weighted by Crippen LogP contribution is -2.02.